The molecule has 2 heterocycles. The van der Waals surface area contributed by atoms with Crippen LogP contribution in [0.2, 0.25) is 0 Å². The molecule has 0 aromatic heterocycles. The lowest BCUT2D eigenvalue weighted by Gasteiger charge is -2.31. The molecular formula is C17H28N2O. The second-order valence-corrected chi connectivity index (χ2v) is 6.70. The number of likely N-dealkylation sites (tertiary alicyclic amines) is 2. The van der Waals surface area contributed by atoms with E-state index in [1.54, 1.807) is 0 Å². The normalized spacial score (nSPS) is 31.7. The minimum Gasteiger partial charge on any atom is -0.341 e. The predicted octanol–water partition coefficient (Wildman–Crippen LogP) is 2.82. The lowest BCUT2D eigenvalue weighted by Crippen LogP contribution is -2.44. The van der Waals surface area contributed by atoms with Crippen molar-refractivity contribution in [1.29, 1.82) is 0 Å². The average molecular weight is 276 g/mol. The number of hydrogen-bond acceptors (Lipinski definition) is 2. The Morgan fingerprint density at radius 3 is 2.60 bits per heavy atom. The van der Waals surface area contributed by atoms with E-state index in [0.29, 0.717) is 17.9 Å². The second kappa shape index (κ2) is 6.75. The highest BCUT2D eigenvalue weighted by atomic mass is 16.2. The number of nitrogens with zero attached hydrogens (tertiary/aromatic N) is 2. The van der Waals surface area contributed by atoms with Crippen LogP contribution in [0, 0.1) is 5.92 Å². The number of allylic oxidation sites excluding steroid dienone is 2. The lowest BCUT2D eigenvalue weighted by molar-refractivity contribution is -0.132. The van der Waals surface area contributed by atoms with Gasteiger partial charge < -0.3 is 4.90 Å². The van der Waals surface area contributed by atoms with Crippen molar-refractivity contribution in [3.63, 3.8) is 0 Å². The van der Waals surface area contributed by atoms with Crippen molar-refractivity contribution < 1.29 is 4.79 Å². The highest BCUT2D eigenvalue weighted by molar-refractivity contribution is 5.76. The number of amides is 1. The summed E-state index contributed by atoms with van der Waals surface area (Å²) < 4.78 is 0. The zero-order chi connectivity index (χ0) is 13.8. The Morgan fingerprint density at radius 1 is 1.05 bits per heavy atom. The Bertz CT molecular complexity index is 360. The maximum Gasteiger partial charge on any atom is 0.223 e. The van der Waals surface area contributed by atoms with Gasteiger partial charge in [0.1, 0.15) is 0 Å². The molecule has 0 aromatic carbocycles. The van der Waals surface area contributed by atoms with Gasteiger partial charge in [-0.3, -0.25) is 9.69 Å². The van der Waals surface area contributed by atoms with Crippen molar-refractivity contribution in [3.8, 4) is 0 Å². The van der Waals surface area contributed by atoms with Gasteiger partial charge in [-0.1, -0.05) is 18.6 Å². The fraction of sp³-hybridized carbons (Fsp3) is 0.824. The van der Waals surface area contributed by atoms with Crippen LogP contribution in [0.25, 0.3) is 0 Å². The zero-order valence-electron chi connectivity index (χ0n) is 12.6. The summed E-state index contributed by atoms with van der Waals surface area (Å²) in [7, 11) is 0. The fourth-order valence-electron chi connectivity index (χ4n) is 3.97. The highest BCUT2D eigenvalue weighted by Crippen LogP contribution is 2.24. The van der Waals surface area contributed by atoms with E-state index in [1.807, 2.05) is 0 Å². The van der Waals surface area contributed by atoms with Crippen LogP contribution in [0.5, 0.6) is 0 Å². The summed E-state index contributed by atoms with van der Waals surface area (Å²) in [5, 5.41) is 0. The summed E-state index contributed by atoms with van der Waals surface area (Å²) in [4.78, 5) is 17.3. The molecule has 2 aliphatic heterocycles. The van der Waals surface area contributed by atoms with Crippen LogP contribution in [0.4, 0.5) is 0 Å². The number of carbonyl (C=O) groups is 1. The summed E-state index contributed by atoms with van der Waals surface area (Å²) >= 11 is 0. The van der Waals surface area contributed by atoms with Crippen molar-refractivity contribution in [2.24, 2.45) is 5.92 Å². The van der Waals surface area contributed by atoms with Gasteiger partial charge >= 0.3 is 0 Å². The monoisotopic (exact) mass is 276 g/mol. The molecular weight excluding hydrogens is 248 g/mol. The Balaban J connectivity index is 1.56. The van der Waals surface area contributed by atoms with Crippen LogP contribution in [0.3, 0.4) is 0 Å². The van der Waals surface area contributed by atoms with E-state index < -0.39 is 0 Å². The first-order valence-electron chi connectivity index (χ1n) is 8.51. The fourth-order valence-corrected chi connectivity index (χ4v) is 3.97. The second-order valence-electron chi connectivity index (χ2n) is 6.70. The maximum atomic E-state index is 12.5. The smallest absolute Gasteiger partial charge is 0.223 e. The summed E-state index contributed by atoms with van der Waals surface area (Å²) in [6, 6.07) is 0.628. The minimum atomic E-state index is 0.396. The van der Waals surface area contributed by atoms with Crippen LogP contribution >= 0.6 is 0 Å². The number of carbonyl (C=O) groups excluding carboxylic acids is 1. The van der Waals surface area contributed by atoms with E-state index in [1.165, 1.54) is 51.6 Å². The first kappa shape index (κ1) is 14.1. The third-order valence-electron chi connectivity index (χ3n) is 5.21. The standard InChI is InChI=1S/C17H28N2O/c20-17(13-15-7-1-2-8-15)19-12-4-3-9-16(14-19)18-10-5-6-11-18/h1,7,15-16H,2-6,8-14H2. The summed E-state index contributed by atoms with van der Waals surface area (Å²) in [6.07, 6.45) is 14.0. The Kier molecular flexibility index (Phi) is 4.77. The molecule has 3 nitrogen and oxygen atoms in total. The molecule has 3 aliphatic rings. The molecule has 20 heavy (non-hydrogen) atoms. The first-order valence-corrected chi connectivity index (χ1v) is 8.51. The Hall–Kier alpha value is -0.830. The first-order chi connectivity index (χ1) is 9.83. The third-order valence-corrected chi connectivity index (χ3v) is 5.21. The van der Waals surface area contributed by atoms with Crippen LogP contribution < -0.4 is 0 Å². The van der Waals surface area contributed by atoms with Crippen LogP contribution in [-0.4, -0.2) is 47.9 Å². The van der Waals surface area contributed by atoms with E-state index >= 15 is 0 Å². The largest absolute Gasteiger partial charge is 0.341 e. The van der Waals surface area contributed by atoms with Crippen molar-refractivity contribution >= 4 is 5.91 Å². The molecule has 1 amide bonds. The molecule has 1 aliphatic carbocycles. The molecule has 0 bridgehead atoms. The molecule has 2 atom stereocenters. The van der Waals surface area contributed by atoms with Gasteiger partial charge in [-0.25, -0.2) is 0 Å². The van der Waals surface area contributed by atoms with Crippen LogP contribution in [0.15, 0.2) is 12.2 Å². The van der Waals surface area contributed by atoms with E-state index in [-0.39, 0.29) is 0 Å². The maximum absolute atomic E-state index is 12.5. The van der Waals surface area contributed by atoms with Crippen molar-refractivity contribution in [3.05, 3.63) is 12.2 Å². The highest BCUT2D eigenvalue weighted by Gasteiger charge is 2.28. The summed E-state index contributed by atoms with van der Waals surface area (Å²) in [5.74, 6) is 0.906. The van der Waals surface area contributed by atoms with Crippen molar-refractivity contribution in [2.75, 3.05) is 26.2 Å². The minimum absolute atomic E-state index is 0.396. The quantitative estimate of drug-likeness (QED) is 0.740. The van der Waals surface area contributed by atoms with E-state index in [9.17, 15) is 4.79 Å². The third kappa shape index (κ3) is 3.43. The van der Waals surface area contributed by atoms with E-state index in [0.717, 1.165) is 25.9 Å². The molecule has 2 saturated heterocycles. The Labute approximate surface area is 123 Å². The number of hydrogen-bond donors (Lipinski definition) is 0. The SMILES string of the molecule is O=C(CC1C=CCC1)N1CCCCC(N2CCCC2)C1. The molecule has 0 saturated carbocycles. The molecule has 3 heteroatoms. The lowest BCUT2D eigenvalue weighted by atomic mass is 10.0. The molecule has 0 radical (unpaired) electrons. The van der Waals surface area contributed by atoms with Gasteiger partial charge in [0.2, 0.25) is 5.91 Å². The van der Waals surface area contributed by atoms with Gasteiger partial charge in [0.25, 0.3) is 0 Å². The van der Waals surface area contributed by atoms with E-state index in [2.05, 4.69) is 22.0 Å². The van der Waals surface area contributed by atoms with Gasteiger partial charge in [0.05, 0.1) is 0 Å². The van der Waals surface area contributed by atoms with E-state index in [4.69, 9.17) is 0 Å². The van der Waals surface area contributed by atoms with Crippen molar-refractivity contribution in [2.45, 2.75) is 57.4 Å². The molecule has 0 spiro atoms. The average Bonchev–Trinajstić information content (AvgIpc) is 3.09. The van der Waals surface area contributed by atoms with Gasteiger partial charge in [-0.15, -0.1) is 0 Å². The summed E-state index contributed by atoms with van der Waals surface area (Å²) in [6.45, 7) is 4.46. The van der Waals surface area contributed by atoms with Gasteiger partial charge in [0.15, 0.2) is 0 Å². The van der Waals surface area contributed by atoms with Gasteiger partial charge in [-0.05, 0) is 57.5 Å². The molecule has 0 aromatic rings. The number of rotatable bonds is 3. The van der Waals surface area contributed by atoms with Gasteiger partial charge in [-0.2, -0.15) is 0 Å². The van der Waals surface area contributed by atoms with Gasteiger partial charge in [0, 0.05) is 25.6 Å². The molecule has 0 N–H and O–H groups in total. The molecule has 2 unspecified atom stereocenters. The summed E-state index contributed by atoms with van der Waals surface area (Å²) in [5.41, 5.74) is 0. The van der Waals surface area contributed by atoms with Crippen LogP contribution in [-0.2, 0) is 4.79 Å². The van der Waals surface area contributed by atoms with Crippen LogP contribution in [0.1, 0.15) is 51.4 Å². The Morgan fingerprint density at radius 2 is 1.85 bits per heavy atom. The molecule has 3 rings (SSSR count). The zero-order valence-corrected chi connectivity index (χ0v) is 12.6. The predicted molar refractivity (Wildman–Crippen MR) is 81.5 cm³/mol. The van der Waals surface area contributed by atoms with Crippen molar-refractivity contribution in [1.82, 2.24) is 9.80 Å². The molecule has 112 valence electrons. The topological polar surface area (TPSA) is 23.6 Å². The molecule has 2 fully saturated rings.